The van der Waals surface area contributed by atoms with E-state index in [0.29, 0.717) is 16.3 Å². The fraction of sp³-hybridized carbons (Fsp3) is 0.308. The van der Waals surface area contributed by atoms with Crippen LogP contribution in [0.1, 0.15) is 29.2 Å². The summed E-state index contributed by atoms with van der Waals surface area (Å²) in [5.74, 6) is 0. The highest BCUT2D eigenvalue weighted by atomic mass is 35.5. The molecule has 1 aromatic heterocycles. The number of nitrogen functional groups attached to an aromatic ring is 1. The van der Waals surface area contributed by atoms with Gasteiger partial charge in [-0.15, -0.1) is 11.3 Å². The van der Waals surface area contributed by atoms with Crippen LogP contribution in [0, 0.1) is 13.8 Å². The van der Waals surface area contributed by atoms with Gasteiger partial charge in [0.2, 0.25) is 10.0 Å². The zero-order valence-electron chi connectivity index (χ0n) is 11.8. The summed E-state index contributed by atoms with van der Waals surface area (Å²) in [4.78, 5) is 4.38. The third-order valence-electron chi connectivity index (χ3n) is 2.99. The zero-order chi connectivity index (χ0) is 15.8. The second kappa shape index (κ2) is 5.92. The van der Waals surface area contributed by atoms with Crippen molar-refractivity contribution < 1.29 is 8.42 Å². The number of nitrogens with one attached hydrogen (secondary N) is 1. The minimum Gasteiger partial charge on any atom is -0.398 e. The Bertz CT molecular complexity index is 772. The third-order valence-corrected chi connectivity index (χ3v) is 6.02. The van der Waals surface area contributed by atoms with Crippen molar-refractivity contribution in [1.82, 2.24) is 9.71 Å². The van der Waals surface area contributed by atoms with Gasteiger partial charge < -0.3 is 5.73 Å². The third kappa shape index (κ3) is 3.55. The molecule has 1 atom stereocenters. The number of sulfonamides is 1. The standard InChI is InChI=1S/C13H16ClN3O2S2/c1-7-6-20-13(16-7)9(3)17-21(18,19)12-5-10(14)4-11(15)8(12)2/h4-6,9,17H,15H2,1-3H3. The first-order chi connectivity index (χ1) is 9.70. The second-order valence-electron chi connectivity index (χ2n) is 4.79. The lowest BCUT2D eigenvalue weighted by atomic mass is 10.2. The number of aromatic nitrogens is 1. The minimum absolute atomic E-state index is 0.0904. The summed E-state index contributed by atoms with van der Waals surface area (Å²) in [5.41, 5.74) is 7.47. The maximum atomic E-state index is 12.5. The van der Waals surface area contributed by atoms with Crippen LogP contribution in [-0.2, 0) is 10.0 Å². The Morgan fingerprint density at radius 3 is 2.62 bits per heavy atom. The van der Waals surface area contributed by atoms with Crippen LogP contribution in [0.2, 0.25) is 5.02 Å². The summed E-state index contributed by atoms with van der Waals surface area (Å²) in [5, 5.41) is 2.88. The van der Waals surface area contributed by atoms with Gasteiger partial charge in [0.05, 0.1) is 10.9 Å². The molecule has 3 N–H and O–H groups in total. The van der Waals surface area contributed by atoms with Crippen molar-refractivity contribution in [3.63, 3.8) is 0 Å². The molecule has 21 heavy (non-hydrogen) atoms. The van der Waals surface area contributed by atoms with Crippen molar-refractivity contribution in [2.75, 3.05) is 5.73 Å². The van der Waals surface area contributed by atoms with Gasteiger partial charge in [-0.25, -0.2) is 18.1 Å². The van der Waals surface area contributed by atoms with E-state index >= 15 is 0 Å². The predicted octanol–water partition coefficient (Wildman–Crippen LogP) is 3.04. The van der Waals surface area contributed by atoms with E-state index in [9.17, 15) is 8.42 Å². The molecule has 2 aromatic rings. The fourth-order valence-electron chi connectivity index (χ4n) is 1.87. The first-order valence-corrected chi connectivity index (χ1v) is 8.95. The molecular weight excluding hydrogens is 330 g/mol. The molecule has 0 aliphatic heterocycles. The van der Waals surface area contributed by atoms with Gasteiger partial charge in [-0.1, -0.05) is 11.6 Å². The first kappa shape index (κ1) is 16.2. The van der Waals surface area contributed by atoms with Crippen LogP contribution in [0.15, 0.2) is 22.4 Å². The van der Waals surface area contributed by atoms with Crippen LogP contribution in [0.3, 0.4) is 0 Å². The van der Waals surface area contributed by atoms with E-state index in [-0.39, 0.29) is 9.92 Å². The molecule has 1 unspecified atom stereocenters. The van der Waals surface area contributed by atoms with Gasteiger partial charge in [-0.05, 0) is 38.5 Å². The number of nitrogens with zero attached hydrogens (tertiary/aromatic N) is 1. The highest BCUT2D eigenvalue weighted by Crippen LogP contribution is 2.27. The summed E-state index contributed by atoms with van der Waals surface area (Å²) in [6.45, 7) is 5.26. The molecular formula is C13H16ClN3O2S2. The van der Waals surface area contributed by atoms with Crippen LogP contribution < -0.4 is 10.5 Å². The van der Waals surface area contributed by atoms with Gasteiger partial charge in [0.15, 0.2) is 0 Å². The number of rotatable bonds is 4. The Morgan fingerprint density at radius 1 is 1.38 bits per heavy atom. The quantitative estimate of drug-likeness (QED) is 0.834. The van der Waals surface area contributed by atoms with E-state index in [0.717, 1.165) is 5.69 Å². The Hall–Kier alpha value is -1.15. The van der Waals surface area contributed by atoms with Gasteiger partial charge in [0.1, 0.15) is 5.01 Å². The highest BCUT2D eigenvalue weighted by molar-refractivity contribution is 7.89. The van der Waals surface area contributed by atoms with Gasteiger partial charge in [-0.2, -0.15) is 0 Å². The summed E-state index contributed by atoms with van der Waals surface area (Å²) >= 11 is 7.32. The molecule has 2 rings (SSSR count). The maximum Gasteiger partial charge on any atom is 0.241 e. The van der Waals surface area contributed by atoms with Crippen LogP contribution in [-0.4, -0.2) is 13.4 Å². The van der Waals surface area contributed by atoms with Crippen LogP contribution in [0.4, 0.5) is 5.69 Å². The number of anilines is 1. The molecule has 1 aromatic carbocycles. The largest absolute Gasteiger partial charge is 0.398 e. The van der Waals surface area contributed by atoms with Crippen molar-refractivity contribution in [1.29, 1.82) is 0 Å². The molecule has 0 amide bonds. The summed E-state index contributed by atoms with van der Waals surface area (Å²) in [7, 11) is -3.72. The molecule has 8 heteroatoms. The van der Waals surface area contributed by atoms with E-state index in [1.54, 1.807) is 13.8 Å². The molecule has 0 bridgehead atoms. The SMILES string of the molecule is Cc1csc(C(C)NS(=O)(=O)c2cc(Cl)cc(N)c2C)n1. The van der Waals surface area contributed by atoms with Crippen LogP contribution in [0.25, 0.3) is 0 Å². The number of hydrogen-bond donors (Lipinski definition) is 2. The number of benzene rings is 1. The van der Waals surface area contributed by atoms with Gasteiger partial charge in [0.25, 0.3) is 0 Å². The van der Waals surface area contributed by atoms with E-state index in [2.05, 4.69) is 9.71 Å². The van der Waals surface area contributed by atoms with E-state index in [1.165, 1.54) is 23.5 Å². The molecule has 0 fully saturated rings. The highest BCUT2D eigenvalue weighted by Gasteiger charge is 2.23. The minimum atomic E-state index is -3.72. The molecule has 0 aliphatic rings. The lowest BCUT2D eigenvalue weighted by molar-refractivity contribution is 0.565. The number of aryl methyl sites for hydroxylation is 1. The Morgan fingerprint density at radius 2 is 2.05 bits per heavy atom. The number of nitrogens with two attached hydrogens (primary N) is 1. The number of halogens is 1. The van der Waals surface area contributed by atoms with Crippen molar-refractivity contribution >= 4 is 38.6 Å². The monoisotopic (exact) mass is 345 g/mol. The molecule has 114 valence electrons. The summed E-state index contributed by atoms with van der Waals surface area (Å²) in [6.07, 6.45) is 0. The molecule has 0 aliphatic carbocycles. The van der Waals surface area contributed by atoms with Gasteiger partial charge in [0, 0.05) is 21.8 Å². The molecule has 1 heterocycles. The van der Waals surface area contributed by atoms with E-state index in [1.807, 2.05) is 12.3 Å². The summed E-state index contributed by atoms with van der Waals surface area (Å²) < 4.78 is 27.6. The van der Waals surface area contributed by atoms with Crippen LogP contribution in [0.5, 0.6) is 0 Å². The zero-order valence-corrected chi connectivity index (χ0v) is 14.2. The van der Waals surface area contributed by atoms with E-state index in [4.69, 9.17) is 17.3 Å². The van der Waals surface area contributed by atoms with Crippen molar-refractivity contribution in [3.8, 4) is 0 Å². The van der Waals surface area contributed by atoms with E-state index < -0.39 is 16.1 Å². The maximum absolute atomic E-state index is 12.5. The Kier molecular flexibility index (Phi) is 4.57. The molecule has 0 radical (unpaired) electrons. The van der Waals surface area contributed by atoms with Crippen molar-refractivity contribution in [3.05, 3.63) is 38.8 Å². The topological polar surface area (TPSA) is 85.1 Å². The second-order valence-corrected chi connectivity index (χ2v) is 7.80. The Labute approximate surface area is 133 Å². The average molecular weight is 346 g/mol. The average Bonchev–Trinajstić information content (AvgIpc) is 2.80. The lowest BCUT2D eigenvalue weighted by Gasteiger charge is -2.15. The normalized spacial score (nSPS) is 13.3. The number of thiazole rings is 1. The molecule has 5 nitrogen and oxygen atoms in total. The fourth-order valence-corrected chi connectivity index (χ4v) is 4.55. The Balaban J connectivity index is 2.35. The van der Waals surface area contributed by atoms with Crippen molar-refractivity contribution in [2.45, 2.75) is 31.7 Å². The van der Waals surface area contributed by atoms with Gasteiger partial charge >= 0.3 is 0 Å². The number of hydrogen-bond acceptors (Lipinski definition) is 5. The van der Waals surface area contributed by atoms with Gasteiger partial charge in [-0.3, -0.25) is 0 Å². The predicted molar refractivity (Wildman–Crippen MR) is 86.2 cm³/mol. The van der Waals surface area contributed by atoms with Crippen molar-refractivity contribution in [2.24, 2.45) is 0 Å². The lowest BCUT2D eigenvalue weighted by Crippen LogP contribution is -2.27. The molecule has 0 saturated carbocycles. The smallest absolute Gasteiger partial charge is 0.241 e. The molecule has 0 saturated heterocycles. The summed E-state index contributed by atoms with van der Waals surface area (Å²) in [6, 6.07) is 2.51. The van der Waals surface area contributed by atoms with Crippen LogP contribution >= 0.6 is 22.9 Å². The first-order valence-electron chi connectivity index (χ1n) is 6.20. The molecule has 0 spiro atoms.